The largest absolute Gasteiger partial charge is 0.490 e. The maximum atomic E-state index is 12.9. The topological polar surface area (TPSA) is 35.2 Å². The number of halogens is 2. The van der Waals surface area contributed by atoms with Crippen LogP contribution in [0.2, 0.25) is 0 Å². The Morgan fingerprint density at radius 3 is 2.69 bits per heavy atom. The van der Waals surface area contributed by atoms with Crippen molar-refractivity contribution in [3.8, 4) is 5.75 Å². The molecule has 1 aliphatic rings. The van der Waals surface area contributed by atoms with Gasteiger partial charge in [0.1, 0.15) is 5.75 Å². The summed E-state index contributed by atoms with van der Waals surface area (Å²) >= 11 is 0. The van der Waals surface area contributed by atoms with E-state index in [1.54, 1.807) is 0 Å². The van der Waals surface area contributed by atoms with Gasteiger partial charge in [-0.25, -0.2) is 8.78 Å². The second-order valence-electron chi connectivity index (χ2n) is 4.23. The number of hydrogen-bond acceptors (Lipinski definition) is 2. The van der Waals surface area contributed by atoms with Gasteiger partial charge in [0.05, 0.1) is 6.10 Å². The molecule has 1 aromatic carbocycles. The summed E-state index contributed by atoms with van der Waals surface area (Å²) in [6, 6.07) is 3.62. The van der Waals surface area contributed by atoms with Crippen LogP contribution in [0.25, 0.3) is 0 Å². The van der Waals surface area contributed by atoms with Gasteiger partial charge >= 0.3 is 0 Å². The molecule has 88 valence electrons. The van der Waals surface area contributed by atoms with Crippen LogP contribution in [-0.4, -0.2) is 12.6 Å². The van der Waals surface area contributed by atoms with Crippen molar-refractivity contribution in [3.63, 3.8) is 0 Å². The Balaban J connectivity index is 1.97. The first-order valence-corrected chi connectivity index (χ1v) is 5.51. The lowest BCUT2D eigenvalue weighted by atomic mass is 10.1. The highest BCUT2D eigenvalue weighted by molar-refractivity contribution is 5.24. The smallest absolute Gasteiger partial charge is 0.162 e. The average molecular weight is 227 g/mol. The molecule has 2 rings (SSSR count). The van der Waals surface area contributed by atoms with Gasteiger partial charge in [0.2, 0.25) is 0 Å². The van der Waals surface area contributed by atoms with Gasteiger partial charge in [-0.15, -0.1) is 0 Å². The summed E-state index contributed by atoms with van der Waals surface area (Å²) in [6.45, 7) is 0.664. The summed E-state index contributed by atoms with van der Waals surface area (Å²) in [5.74, 6) is -0.832. The molecular formula is C12H15F2NO. The van der Waals surface area contributed by atoms with Gasteiger partial charge < -0.3 is 10.5 Å². The van der Waals surface area contributed by atoms with E-state index in [2.05, 4.69) is 0 Å². The van der Waals surface area contributed by atoms with E-state index in [0.717, 1.165) is 31.4 Å². The highest BCUT2D eigenvalue weighted by Crippen LogP contribution is 2.28. The molecule has 0 aromatic heterocycles. The fraction of sp³-hybridized carbons (Fsp3) is 0.500. The zero-order chi connectivity index (χ0) is 11.5. The molecule has 2 atom stereocenters. The molecule has 2 nitrogen and oxygen atoms in total. The van der Waals surface area contributed by atoms with Crippen molar-refractivity contribution in [1.29, 1.82) is 0 Å². The van der Waals surface area contributed by atoms with Gasteiger partial charge in [-0.1, -0.05) is 0 Å². The lowest BCUT2D eigenvalue weighted by molar-refractivity contribution is 0.203. The monoisotopic (exact) mass is 227 g/mol. The Morgan fingerprint density at radius 1 is 1.25 bits per heavy atom. The SMILES string of the molecule is NCC1CCC(Oc2ccc(F)c(F)c2)C1. The van der Waals surface area contributed by atoms with Gasteiger partial charge in [0.15, 0.2) is 11.6 Å². The van der Waals surface area contributed by atoms with E-state index < -0.39 is 11.6 Å². The first-order chi connectivity index (χ1) is 7.69. The Morgan fingerprint density at radius 2 is 2.06 bits per heavy atom. The summed E-state index contributed by atoms with van der Waals surface area (Å²) in [6.07, 6.45) is 2.96. The van der Waals surface area contributed by atoms with Crippen molar-refractivity contribution in [2.45, 2.75) is 25.4 Å². The van der Waals surface area contributed by atoms with E-state index in [-0.39, 0.29) is 6.10 Å². The van der Waals surface area contributed by atoms with Crippen LogP contribution < -0.4 is 10.5 Å². The van der Waals surface area contributed by atoms with Crippen LogP contribution in [-0.2, 0) is 0 Å². The number of benzene rings is 1. The lowest BCUT2D eigenvalue weighted by Crippen LogP contribution is -2.15. The molecule has 0 saturated heterocycles. The third-order valence-electron chi connectivity index (χ3n) is 3.02. The molecule has 0 aliphatic heterocycles. The molecule has 1 fully saturated rings. The summed E-state index contributed by atoms with van der Waals surface area (Å²) in [7, 11) is 0. The molecule has 4 heteroatoms. The van der Waals surface area contributed by atoms with Crippen LogP contribution in [0, 0.1) is 17.6 Å². The Bertz CT molecular complexity index is 370. The predicted molar refractivity (Wildman–Crippen MR) is 57.2 cm³/mol. The predicted octanol–water partition coefficient (Wildman–Crippen LogP) is 2.47. The molecule has 0 bridgehead atoms. The molecule has 1 aliphatic carbocycles. The van der Waals surface area contributed by atoms with Gasteiger partial charge in [0.25, 0.3) is 0 Å². The fourth-order valence-electron chi connectivity index (χ4n) is 2.09. The minimum absolute atomic E-state index is 0.0819. The molecule has 1 saturated carbocycles. The average Bonchev–Trinajstić information content (AvgIpc) is 2.71. The molecule has 0 radical (unpaired) electrons. The maximum absolute atomic E-state index is 12.9. The van der Waals surface area contributed by atoms with Gasteiger partial charge in [-0.2, -0.15) is 0 Å². The van der Waals surface area contributed by atoms with E-state index in [1.165, 1.54) is 6.07 Å². The summed E-state index contributed by atoms with van der Waals surface area (Å²) in [5.41, 5.74) is 5.57. The second kappa shape index (κ2) is 4.78. The number of rotatable bonds is 3. The second-order valence-corrected chi connectivity index (χ2v) is 4.23. The van der Waals surface area contributed by atoms with E-state index in [0.29, 0.717) is 18.2 Å². The quantitative estimate of drug-likeness (QED) is 0.861. The Hall–Kier alpha value is -1.16. The number of nitrogens with two attached hydrogens (primary N) is 1. The Kier molecular flexibility index (Phi) is 3.39. The number of ether oxygens (including phenoxy) is 1. The minimum atomic E-state index is -0.870. The Labute approximate surface area is 93.4 Å². The number of hydrogen-bond donors (Lipinski definition) is 1. The van der Waals surface area contributed by atoms with Crippen LogP contribution in [0.3, 0.4) is 0 Å². The van der Waals surface area contributed by atoms with Crippen LogP contribution in [0.5, 0.6) is 5.75 Å². The first kappa shape index (κ1) is 11.3. The standard InChI is InChI=1S/C12H15F2NO/c13-11-4-3-10(6-12(11)14)16-9-2-1-8(5-9)7-15/h3-4,6,8-9H,1-2,5,7,15H2. The van der Waals surface area contributed by atoms with Gasteiger partial charge in [0, 0.05) is 6.07 Å². The highest BCUT2D eigenvalue weighted by atomic mass is 19.2. The summed E-state index contributed by atoms with van der Waals surface area (Å²) in [4.78, 5) is 0. The fourth-order valence-corrected chi connectivity index (χ4v) is 2.09. The van der Waals surface area contributed by atoms with Crippen molar-refractivity contribution in [3.05, 3.63) is 29.8 Å². The molecular weight excluding hydrogens is 212 g/mol. The minimum Gasteiger partial charge on any atom is -0.490 e. The van der Waals surface area contributed by atoms with Crippen molar-refractivity contribution >= 4 is 0 Å². The molecule has 16 heavy (non-hydrogen) atoms. The van der Waals surface area contributed by atoms with Crippen molar-refractivity contribution in [1.82, 2.24) is 0 Å². The first-order valence-electron chi connectivity index (χ1n) is 5.51. The van der Waals surface area contributed by atoms with Crippen LogP contribution in [0.1, 0.15) is 19.3 Å². The molecule has 0 spiro atoms. The summed E-state index contributed by atoms with van der Waals surface area (Å²) in [5, 5.41) is 0. The highest BCUT2D eigenvalue weighted by Gasteiger charge is 2.25. The maximum Gasteiger partial charge on any atom is 0.162 e. The molecule has 2 unspecified atom stereocenters. The zero-order valence-corrected chi connectivity index (χ0v) is 8.96. The molecule has 2 N–H and O–H groups in total. The third kappa shape index (κ3) is 2.50. The normalized spacial score (nSPS) is 24.7. The van der Waals surface area contributed by atoms with Crippen molar-refractivity contribution in [2.75, 3.05) is 6.54 Å². The third-order valence-corrected chi connectivity index (χ3v) is 3.02. The van der Waals surface area contributed by atoms with E-state index >= 15 is 0 Å². The van der Waals surface area contributed by atoms with Crippen LogP contribution >= 0.6 is 0 Å². The zero-order valence-electron chi connectivity index (χ0n) is 8.96. The molecule has 1 aromatic rings. The molecule has 0 heterocycles. The van der Waals surface area contributed by atoms with Gasteiger partial charge in [-0.3, -0.25) is 0 Å². The summed E-state index contributed by atoms with van der Waals surface area (Å²) < 4.78 is 31.2. The van der Waals surface area contributed by atoms with Crippen molar-refractivity contribution in [2.24, 2.45) is 11.7 Å². The van der Waals surface area contributed by atoms with Crippen LogP contribution in [0.4, 0.5) is 8.78 Å². The van der Waals surface area contributed by atoms with E-state index in [9.17, 15) is 8.78 Å². The van der Waals surface area contributed by atoms with E-state index in [1.807, 2.05) is 0 Å². The van der Waals surface area contributed by atoms with Crippen LogP contribution in [0.15, 0.2) is 18.2 Å². The van der Waals surface area contributed by atoms with E-state index in [4.69, 9.17) is 10.5 Å². The lowest BCUT2D eigenvalue weighted by Gasteiger charge is -2.13. The van der Waals surface area contributed by atoms with Gasteiger partial charge in [-0.05, 0) is 43.9 Å². The van der Waals surface area contributed by atoms with Crippen molar-refractivity contribution < 1.29 is 13.5 Å². The molecule has 0 amide bonds.